The highest BCUT2D eigenvalue weighted by molar-refractivity contribution is 5.24. The monoisotopic (exact) mass is 237 g/mol. The first kappa shape index (κ1) is 12.3. The highest BCUT2D eigenvalue weighted by Gasteiger charge is 2.35. The van der Waals surface area contributed by atoms with Crippen molar-refractivity contribution in [3.8, 4) is 5.88 Å². The van der Waals surface area contributed by atoms with E-state index in [9.17, 15) is 5.11 Å². The smallest absolute Gasteiger partial charge is 0.238 e. The first-order valence-electron chi connectivity index (χ1n) is 5.92. The predicted octanol–water partition coefficient (Wildman–Crippen LogP) is 0.788. The molecule has 0 bridgehead atoms. The van der Waals surface area contributed by atoms with Crippen molar-refractivity contribution in [3.63, 3.8) is 0 Å². The molecule has 2 heterocycles. The van der Waals surface area contributed by atoms with Crippen LogP contribution < -0.4 is 4.74 Å². The summed E-state index contributed by atoms with van der Waals surface area (Å²) >= 11 is 0. The predicted molar refractivity (Wildman–Crippen MR) is 63.8 cm³/mol. The summed E-state index contributed by atoms with van der Waals surface area (Å²) in [6.07, 6.45) is 5.50. The van der Waals surface area contributed by atoms with Crippen LogP contribution in [-0.2, 0) is 5.60 Å². The Balaban J connectivity index is 2.29. The zero-order valence-electron chi connectivity index (χ0n) is 10.4. The van der Waals surface area contributed by atoms with E-state index >= 15 is 0 Å². The minimum atomic E-state index is -0.912. The van der Waals surface area contributed by atoms with Gasteiger partial charge < -0.3 is 14.7 Å². The maximum Gasteiger partial charge on any atom is 0.238 e. The van der Waals surface area contributed by atoms with Crippen LogP contribution in [0.15, 0.2) is 12.4 Å². The molecule has 17 heavy (non-hydrogen) atoms. The molecule has 5 heteroatoms. The fourth-order valence-electron chi connectivity index (χ4n) is 2.28. The van der Waals surface area contributed by atoms with Crippen molar-refractivity contribution >= 4 is 0 Å². The largest absolute Gasteiger partial charge is 0.480 e. The van der Waals surface area contributed by atoms with Gasteiger partial charge in [-0.05, 0) is 32.9 Å². The number of methoxy groups -OCH3 is 1. The van der Waals surface area contributed by atoms with Crippen molar-refractivity contribution < 1.29 is 9.84 Å². The molecule has 0 spiro atoms. The SMILES string of the molecule is COc1nccnc1C1(O)CCCN(C)CC1. The molecular formula is C12H19N3O2. The first-order chi connectivity index (χ1) is 8.15. The van der Waals surface area contributed by atoms with E-state index in [1.807, 2.05) is 0 Å². The molecule has 1 aromatic heterocycles. The van der Waals surface area contributed by atoms with Crippen molar-refractivity contribution in [1.82, 2.24) is 14.9 Å². The van der Waals surface area contributed by atoms with E-state index < -0.39 is 5.60 Å². The molecule has 0 saturated carbocycles. The Morgan fingerprint density at radius 1 is 1.29 bits per heavy atom. The zero-order chi connectivity index (χ0) is 12.3. The van der Waals surface area contributed by atoms with E-state index in [0.717, 1.165) is 19.5 Å². The van der Waals surface area contributed by atoms with E-state index in [1.165, 1.54) is 0 Å². The van der Waals surface area contributed by atoms with Gasteiger partial charge in [0, 0.05) is 18.9 Å². The van der Waals surface area contributed by atoms with E-state index in [2.05, 4.69) is 21.9 Å². The number of hydrogen-bond acceptors (Lipinski definition) is 5. The summed E-state index contributed by atoms with van der Waals surface area (Å²) in [5.41, 5.74) is -0.345. The Kier molecular flexibility index (Phi) is 3.59. The van der Waals surface area contributed by atoms with Gasteiger partial charge in [0.05, 0.1) is 7.11 Å². The maximum absolute atomic E-state index is 10.7. The average Bonchev–Trinajstić information content (AvgIpc) is 2.52. The lowest BCUT2D eigenvalue weighted by molar-refractivity contribution is 0.0145. The molecule has 1 aliphatic heterocycles. The van der Waals surface area contributed by atoms with E-state index in [0.29, 0.717) is 24.4 Å². The molecular weight excluding hydrogens is 218 g/mol. The van der Waals surface area contributed by atoms with Gasteiger partial charge in [0.2, 0.25) is 5.88 Å². The molecule has 1 N–H and O–H groups in total. The fourth-order valence-corrected chi connectivity index (χ4v) is 2.28. The molecule has 1 saturated heterocycles. The number of hydrogen-bond donors (Lipinski definition) is 1. The first-order valence-corrected chi connectivity index (χ1v) is 5.92. The molecule has 0 amide bonds. The summed E-state index contributed by atoms with van der Waals surface area (Å²) in [6.45, 7) is 1.86. The van der Waals surface area contributed by atoms with Crippen molar-refractivity contribution in [1.29, 1.82) is 0 Å². The van der Waals surface area contributed by atoms with Gasteiger partial charge in [-0.3, -0.25) is 4.98 Å². The molecule has 94 valence electrons. The number of nitrogens with zero attached hydrogens (tertiary/aromatic N) is 3. The van der Waals surface area contributed by atoms with Crippen LogP contribution in [0, 0.1) is 0 Å². The van der Waals surface area contributed by atoms with E-state index in [4.69, 9.17) is 4.74 Å². The number of likely N-dealkylation sites (tertiary alicyclic amines) is 1. The highest BCUT2D eigenvalue weighted by Crippen LogP contribution is 2.35. The third kappa shape index (κ3) is 2.56. The van der Waals surface area contributed by atoms with Crippen molar-refractivity contribution in [2.45, 2.75) is 24.9 Å². The molecule has 1 aliphatic rings. The van der Waals surface area contributed by atoms with Crippen LogP contribution in [0.5, 0.6) is 5.88 Å². The molecule has 5 nitrogen and oxygen atoms in total. The second kappa shape index (κ2) is 4.98. The van der Waals surface area contributed by atoms with Crippen LogP contribution in [-0.4, -0.2) is 47.2 Å². The molecule has 1 fully saturated rings. The van der Waals surface area contributed by atoms with Gasteiger partial charge >= 0.3 is 0 Å². The van der Waals surface area contributed by atoms with Gasteiger partial charge in [-0.2, -0.15) is 0 Å². The third-order valence-corrected chi connectivity index (χ3v) is 3.34. The number of ether oxygens (including phenoxy) is 1. The molecule has 0 aromatic carbocycles. The van der Waals surface area contributed by atoms with Crippen LogP contribution >= 0.6 is 0 Å². The summed E-state index contributed by atoms with van der Waals surface area (Å²) in [4.78, 5) is 10.6. The van der Waals surface area contributed by atoms with Gasteiger partial charge in [-0.1, -0.05) is 0 Å². The van der Waals surface area contributed by atoms with E-state index in [-0.39, 0.29) is 0 Å². The summed E-state index contributed by atoms with van der Waals surface area (Å²) < 4.78 is 5.18. The minimum Gasteiger partial charge on any atom is -0.480 e. The van der Waals surface area contributed by atoms with Crippen LogP contribution in [0.25, 0.3) is 0 Å². The molecule has 1 aromatic rings. The van der Waals surface area contributed by atoms with Crippen LogP contribution in [0.3, 0.4) is 0 Å². The lowest BCUT2D eigenvalue weighted by Crippen LogP contribution is -2.29. The summed E-state index contributed by atoms with van der Waals surface area (Å²) in [5.74, 6) is 0.430. The van der Waals surface area contributed by atoms with Gasteiger partial charge in [0.15, 0.2) is 0 Å². The molecule has 0 radical (unpaired) electrons. The molecule has 0 aliphatic carbocycles. The number of aliphatic hydroxyl groups is 1. The fraction of sp³-hybridized carbons (Fsp3) is 0.667. The van der Waals surface area contributed by atoms with Crippen LogP contribution in [0.4, 0.5) is 0 Å². The average molecular weight is 237 g/mol. The van der Waals surface area contributed by atoms with Crippen molar-refractivity contribution in [2.75, 3.05) is 27.2 Å². The topological polar surface area (TPSA) is 58.5 Å². The second-order valence-electron chi connectivity index (χ2n) is 4.60. The number of aromatic nitrogens is 2. The van der Waals surface area contributed by atoms with E-state index in [1.54, 1.807) is 19.5 Å². The Bertz CT molecular complexity index is 386. The minimum absolute atomic E-state index is 0.430. The van der Waals surface area contributed by atoms with Gasteiger partial charge in [0.25, 0.3) is 0 Å². The Hall–Kier alpha value is -1.20. The molecule has 1 unspecified atom stereocenters. The zero-order valence-corrected chi connectivity index (χ0v) is 10.4. The quantitative estimate of drug-likeness (QED) is 0.824. The summed E-state index contributed by atoms with van der Waals surface area (Å²) in [6, 6.07) is 0. The highest BCUT2D eigenvalue weighted by atomic mass is 16.5. The number of rotatable bonds is 2. The van der Waals surface area contributed by atoms with Gasteiger partial charge in [-0.15, -0.1) is 0 Å². The Morgan fingerprint density at radius 2 is 2.06 bits per heavy atom. The third-order valence-electron chi connectivity index (χ3n) is 3.34. The van der Waals surface area contributed by atoms with Crippen LogP contribution in [0.2, 0.25) is 0 Å². The standard InChI is InChI=1S/C12H19N3O2/c1-15-8-3-4-12(16,5-9-15)10-11(17-2)14-7-6-13-10/h6-7,16H,3-5,8-9H2,1-2H3. The lowest BCUT2D eigenvalue weighted by atomic mass is 9.91. The Morgan fingerprint density at radius 3 is 2.82 bits per heavy atom. The molecule has 2 rings (SSSR count). The normalized spacial score (nSPS) is 26.5. The summed E-state index contributed by atoms with van der Waals surface area (Å²) in [5, 5.41) is 10.7. The van der Waals surface area contributed by atoms with Crippen LogP contribution in [0.1, 0.15) is 25.0 Å². The maximum atomic E-state index is 10.7. The lowest BCUT2D eigenvalue weighted by Gasteiger charge is -2.26. The van der Waals surface area contributed by atoms with Crippen molar-refractivity contribution in [2.24, 2.45) is 0 Å². The molecule has 1 atom stereocenters. The van der Waals surface area contributed by atoms with Gasteiger partial charge in [-0.25, -0.2) is 4.98 Å². The van der Waals surface area contributed by atoms with Crippen molar-refractivity contribution in [3.05, 3.63) is 18.1 Å². The Labute approximate surface area is 101 Å². The second-order valence-corrected chi connectivity index (χ2v) is 4.60. The van der Waals surface area contributed by atoms with Gasteiger partial charge in [0.1, 0.15) is 11.3 Å². The summed E-state index contributed by atoms with van der Waals surface area (Å²) in [7, 11) is 3.62.